The van der Waals surface area contributed by atoms with Gasteiger partial charge in [0.05, 0.1) is 0 Å². The normalized spacial score (nSPS) is 10.5. The second-order valence-corrected chi connectivity index (χ2v) is 29.5. The summed E-state index contributed by atoms with van der Waals surface area (Å²) in [5.41, 5.74) is 7.52. The zero-order valence-electron chi connectivity index (χ0n) is 24.1. The van der Waals surface area contributed by atoms with E-state index in [1.54, 1.807) is 0 Å². The third kappa shape index (κ3) is 7.15. The Morgan fingerprint density at radius 3 is 1.20 bits per heavy atom. The Hall–Kier alpha value is -2.22. The molecule has 0 aliphatic rings. The van der Waals surface area contributed by atoms with Gasteiger partial charge in [-0.1, -0.05) is 53.7 Å². The standard InChI is InChI=1S/C12H10Si.2C12H13.2ClH.Zr/c1-3-7-11(8-4-1)13-12-9-5-2-6-10-12;2*1-8-5-4-6-11-10(3)9(2)7-12(8)11;;;/h1-10H;2*4-7H,1-3H3;2*1H;/q;2*-1;;;+2/p-2. The summed E-state index contributed by atoms with van der Waals surface area (Å²) in [5.74, 6) is 0. The van der Waals surface area contributed by atoms with Crippen molar-refractivity contribution in [1.82, 2.24) is 0 Å². The first kappa shape index (κ1) is 30.7. The summed E-state index contributed by atoms with van der Waals surface area (Å²) in [6.07, 6.45) is 0. The molecule has 4 heteroatoms. The number of aryl methyl sites for hydroxylation is 6. The van der Waals surface area contributed by atoms with Crippen LogP contribution in [0.2, 0.25) is 0 Å². The molecule has 0 radical (unpaired) electrons. The van der Waals surface area contributed by atoms with Gasteiger partial charge in [-0.3, -0.25) is 0 Å². The average Bonchev–Trinajstić information content (AvgIpc) is 3.42. The molecular weight excluding hydrogens is 623 g/mol. The van der Waals surface area contributed by atoms with Crippen LogP contribution in [0, 0.1) is 41.5 Å². The van der Waals surface area contributed by atoms with Crippen molar-refractivity contribution < 1.29 is 18.0 Å². The molecule has 0 N–H and O–H groups in total. The van der Waals surface area contributed by atoms with E-state index in [2.05, 4.69) is 139 Å². The van der Waals surface area contributed by atoms with Gasteiger partial charge in [0.1, 0.15) is 0 Å². The summed E-state index contributed by atoms with van der Waals surface area (Å²) in [4.78, 5) is 0. The van der Waals surface area contributed by atoms with E-state index in [0.29, 0.717) is 0 Å². The zero-order chi connectivity index (χ0) is 28.8. The Bertz CT molecular complexity index is 1630. The molecule has 0 aliphatic heterocycles. The number of rotatable bonds is 2. The van der Waals surface area contributed by atoms with E-state index in [1.807, 2.05) is 12.1 Å². The van der Waals surface area contributed by atoms with Gasteiger partial charge in [0, 0.05) is 0 Å². The summed E-state index contributed by atoms with van der Waals surface area (Å²) in [6, 6.07) is 38.4. The van der Waals surface area contributed by atoms with Gasteiger partial charge in [-0.15, -0.1) is 80.2 Å². The van der Waals surface area contributed by atoms with Crippen LogP contribution in [0.1, 0.15) is 33.4 Å². The fraction of sp³-hybridized carbons (Fsp3) is 0.167. The number of hydrogen-bond donors (Lipinski definition) is 0. The maximum absolute atomic E-state index is 6.32. The number of benzene rings is 4. The van der Waals surface area contributed by atoms with Gasteiger partial charge in [-0.2, -0.15) is 11.1 Å². The molecule has 0 atom stereocenters. The fourth-order valence-corrected chi connectivity index (χ4v) is 20.3. The molecule has 0 fully saturated rings. The van der Waals surface area contributed by atoms with Crippen LogP contribution in [0.3, 0.4) is 0 Å². The molecule has 6 aromatic rings. The van der Waals surface area contributed by atoms with E-state index in [4.69, 9.17) is 17.0 Å². The Morgan fingerprint density at radius 2 is 0.875 bits per heavy atom. The minimum atomic E-state index is -2.26. The SMILES string of the molecule is Cc1[cH-]c2c(C)cccc2c1C.Cc1[cH-]c2c(C)cccc2c1C.[Cl][Zr]([Cl])=[Si](c1ccccc1)c1ccccc1. The third-order valence-electron chi connectivity index (χ3n) is 7.67. The van der Waals surface area contributed by atoms with Crippen LogP contribution in [0.5, 0.6) is 0 Å². The van der Waals surface area contributed by atoms with E-state index in [1.165, 1.54) is 65.3 Å². The predicted octanol–water partition coefficient (Wildman–Crippen LogP) is 9.69. The molecule has 204 valence electrons. The summed E-state index contributed by atoms with van der Waals surface area (Å²) in [6.45, 7) is 13.1. The van der Waals surface area contributed by atoms with Crippen LogP contribution >= 0.6 is 17.0 Å². The second kappa shape index (κ2) is 14.1. The molecule has 0 spiro atoms. The maximum atomic E-state index is 6.32. The van der Waals surface area contributed by atoms with Gasteiger partial charge < -0.3 is 0 Å². The minimum absolute atomic E-state index is 0.889. The van der Waals surface area contributed by atoms with Crippen molar-refractivity contribution in [2.45, 2.75) is 41.5 Å². The first-order valence-corrected chi connectivity index (χ1v) is 25.1. The van der Waals surface area contributed by atoms with E-state index >= 15 is 0 Å². The number of fused-ring (bicyclic) bond motifs is 2. The van der Waals surface area contributed by atoms with Crippen molar-refractivity contribution in [3.8, 4) is 0 Å². The van der Waals surface area contributed by atoms with Crippen molar-refractivity contribution in [3.05, 3.63) is 143 Å². The summed E-state index contributed by atoms with van der Waals surface area (Å²) in [5, 5.41) is 8.30. The first-order valence-electron chi connectivity index (χ1n) is 13.6. The van der Waals surface area contributed by atoms with Crippen LogP contribution in [0.25, 0.3) is 21.5 Å². The average molecular weight is 659 g/mol. The summed E-state index contributed by atoms with van der Waals surface area (Å²) >= 11 is -2.26. The molecule has 0 bridgehead atoms. The van der Waals surface area contributed by atoms with Crippen molar-refractivity contribution in [2.75, 3.05) is 0 Å². The number of halogens is 2. The Balaban J connectivity index is 0.000000141. The first-order chi connectivity index (χ1) is 19.2. The molecule has 0 aromatic heterocycles. The molecular formula is C36H36Cl2SiZr-2. The van der Waals surface area contributed by atoms with Crippen LogP contribution in [0.4, 0.5) is 0 Å². The Kier molecular flexibility index (Phi) is 10.8. The Labute approximate surface area is 254 Å². The van der Waals surface area contributed by atoms with Gasteiger partial charge in [0.2, 0.25) is 0 Å². The molecule has 0 saturated heterocycles. The fourth-order valence-electron chi connectivity index (χ4n) is 5.07. The quantitative estimate of drug-likeness (QED) is 0.128. The van der Waals surface area contributed by atoms with Crippen LogP contribution in [0.15, 0.2) is 109 Å². The van der Waals surface area contributed by atoms with E-state index in [0.717, 1.165) is 0 Å². The number of hydrogen-bond acceptors (Lipinski definition) is 0. The predicted molar refractivity (Wildman–Crippen MR) is 177 cm³/mol. The van der Waals surface area contributed by atoms with E-state index < -0.39 is 23.4 Å². The molecule has 6 aromatic carbocycles. The van der Waals surface area contributed by atoms with Crippen molar-refractivity contribution in [3.63, 3.8) is 0 Å². The van der Waals surface area contributed by atoms with Crippen molar-refractivity contribution in [2.24, 2.45) is 0 Å². The van der Waals surface area contributed by atoms with Crippen molar-refractivity contribution >= 4 is 54.4 Å². The molecule has 0 nitrogen and oxygen atoms in total. The van der Waals surface area contributed by atoms with Gasteiger partial charge in [-0.25, -0.2) is 0 Å². The molecule has 0 aliphatic carbocycles. The van der Waals surface area contributed by atoms with Gasteiger partial charge in [0.25, 0.3) is 0 Å². The van der Waals surface area contributed by atoms with E-state index in [9.17, 15) is 0 Å². The monoisotopic (exact) mass is 656 g/mol. The zero-order valence-corrected chi connectivity index (χ0v) is 29.1. The van der Waals surface area contributed by atoms with E-state index in [-0.39, 0.29) is 0 Å². The molecule has 0 unspecified atom stereocenters. The molecule has 0 heterocycles. The second-order valence-electron chi connectivity index (χ2n) is 10.3. The molecule has 40 heavy (non-hydrogen) atoms. The molecule has 6 rings (SSSR count). The van der Waals surface area contributed by atoms with Crippen LogP contribution in [-0.4, -0.2) is 5.43 Å². The summed E-state index contributed by atoms with van der Waals surface area (Å²) in [7, 11) is 12.6. The molecule has 0 amide bonds. The third-order valence-corrected chi connectivity index (χ3v) is 23.6. The van der Waals surface area contributed by atoms with Crippen LogP contribution < -0.4 is 10.4 Å². The van der Waals surface area contributed by atoms with Gasteiger partial charge >= 0.3 is 111 Å². The van der Waals surface area contributed by atoms with Crippen molar-refractivity contribution in [1.29, 1.82) is 0 Å². The van der Waals surface area contributed by atoms with Crippen LogP contribution in [-0.2, 0) is 18.0 Å². The molecule has 0 saturated carbocycles. The summed E-state index contributed by atoms with van der Waals surface area (Å²) < 4.78 is 0. The Morgan fingerprint density at radius 1 is 0.500 bits per heavy atom. The van der Waals surface area contributed by atoms with Gasteiger partial charge in [0.15, 0.2) is 0 Å². The topological polar surface area (TPSA) is 0 Å². The van der Waals surface area contributed by atoms with Gasteiger partial charge in [-0.05, 0) is 0 Å².